The maximum absolute atomic E-state index is 12.8. The molecule has 27 heavy (non-hydrogen) atoms. The molecule has 5 nitrogen and oxygen atoms in total. The largest absolute Gasteiger partial charge is 0.496 e. The number of hydrogen-bond donors (Lipinski definition) is 2. The van der Waals surface area contributed by atoms with Crippen LogP contribution in [0.5, 0.6) is 5.75 Å². The SMILES string of the molecule is COc1cc(C)c(S(=O)(=O)NCC(C)(C)NC(C)c2ccccc2)cc1C. The zero-order valence-electron chi connectivity index (χ0n) is 17.0. The van der Waals surface area contributed by atoms with Crippen molar-refractivity contribution in [3.63, 3.8) is 0 Å². The molecule has 0 aliphatic heterocycles. The normalized spacial score (nSPS) is 13.4. The summed E-state index contributed by atoms with van der Waals surface area (Å²) in [5.41, 5.74) is 2.19. The van der Waals surface area contributed by atoms with Gasteiger partial charge in [-0.25, -0.2) is 13.1 Å². The molecular formula is C21H30N2O3S. The lowest BCUT2D eigenvalue weighted by Gasteiger charge is -2.31. The van der Waals surface area contributed by atoms with E-state index in [1.807, 2.05) is 39.0 Å². The Morgan fingerprint density at radius 3 is 2.30 bits per heavy atom. The summed E-state index contributed by atoms with van der Waals surface area (Å²) in [6.07, 6.45) is 0. The fourth-order valence-corrected chi connectivity index (χ4v) is 4.61. The number of nitrogens with one attached hydrogen (secondary N) is 2. The first-order valence-corrected chi connectivity index (χ1v) is 10.5. The minimum absolute atomic E-state index is 0.107. The van der Waals surface area contributed by atoms with Gasteiger partial charge in [-0.1, -0.05) is 30.3 Å². The number of sulfonamides is 1. The van der Waals surface area contributed by atoms with Crippen LogP contribution in [0.15, 0.2) is 47.4 Å². The topological polar surface area (TPSA) is 67.4 Å². The van der Waals surface area contributed by atoms with E-state index in [4.69, 9.17) is 4.74 Å². The summed E-state index contributed by atoms with van der Waals surface area (Å²) < 4.78 is 33.7. The summed E-state index contributed by atoms with van der Waals surface area (Å²) in [6, 6.07) is 13.6. The van der Waals surface area contributed by atoms with Crippen LogP contribution in [-0.2, 0) is 10.0 Å². The van der Waals surface area contributed by atoms with Crippen LogP contribution in [0.4, 0.5) is 0 Å². The second kappa shape index (κ2) is 8.42. The fourth-order valence-electron chi connectivity index (χ4n) is 3.09. The monoisotopic (exact) mass is 390 g/mol. The fraction of sp³-hybridized carbons (Fsp3) is 0.429. The van der Waals surface area contributed by atoms with Crippen LogP contribution in [0, 0.1) is 13.8 Å². The van der Waals surface area contributed by atoms with Gasteiger partial charge in [-0.15, -0.1) is 0 Å². The molecule has 2 aromatic carbocycles. The first kappa shape index (κ1) is 21.4. The number of hydrogen-bond acceptors (Lipinski definition) is 4. The van der Waals surface area contributed by atoms with E-state index in [0.29, 0.717) is 11.3 Å². The highest BCUT2D eigenvalue weighted by Gasteiger charge is 2.25. The Hall–Kier alpha value is -1.89. The van der Waals surface area contributed by atoms with Crippen LogP contribution in [0.1, 0.15) is 43.5 Å². The highest BCUT2D eigenvalue weighted by atomic mass is 32.2. The third kappa shape index (κ3) is 5.54. The third-order valence-corrected chi connectivity index (χ3v) is 6.14. The lowest BCUT2D eigenvalue weighted by atomic mass is 10.0. The Balaban J connectivity index is 2.11. The van der Waals surface area contributed by atoms with Gasteiger partial charge >= 0.3 is 0 Å². The van der Waals surface area contributed by atoms with Crippen molar-refractivity contribution in [3.05, 3.63) is 59.2 Å². The maximum Gasteiger partial charge on any atom is 0.240 e. The van der Waals surface area contributed by atoms with Crippen molar-refractivity contribution in [1.29, 1.82) is 0 Å². The summed E-state index contributed by atoms with van der Waals surface area (Å²) >= 11 is 0. The van der Waals surface area contributed by atoms with Crippen molar-refractivity contribution in [2.45, 2.75) is 51.1 Å². The Bertz CT molecular complexity index is 878. The molecule has 0 amide bonds. The molecule has 1 unspecified atom stereocenters. The van der Waals surface area contributed by atoms with Gasteiger partial charge < -0.3 is 10.1 Å². The van der Waals surface area contributed by atoms with Crippen molar-refractivity contribution in [1.82, 2.24) is 10.0 Å². The molecule has 0 radical (unpaired) electrons. The van der Waals surface area contributed by atoms with E-state index < -0.39 is 15.6 Å². The van der Waals surface area contributed by atoms with Gasteiger partial charge in [0.2, 0.25) is 10.0 Å². The second-order valence-corrected chi connectivity index (χ2v) is 9.31. The summed E-state index contributed by atoms with van der Waals surface area (Å²) in [6.45, 7) is 9.93. The molecule has 0 spiro atoms. The van der Waals surface area contributed by atoms with Gasteiger partial charge in [0.1, 0.15) is 5.75 Å². The first-order chi connectivity index (χ1) is 12.6. The predicted octanol–water partition coefficient (Wildman–Crippen LogP) is 3.72. The van der Waals surface area contributed by atoms with E-state index in [0.717, 1.165) is 11.1 Å². The van der Waals surface area contributed by atoms with E-state index in [2.05, 4.69) is 29.1 Å². The second-order valence-electron chi connectivity index (χ2n) is 7.57. The molecule has 0 aromatic heterocycles. The quantitative estimate of drug-likeness (QED) is 0.721. The lowest BCUT2D eigenvalue weighted by Crippen LogP contribution is -2.49. The van der Waals surface area contributed by atoms with Crippen LogP contribution < -0.4 is 14.8 Å². The summed E-state index contributed by atoms with van der Waals surface area (Å²) in [5, 5.41) is 3.49. The Labute approximate surface area is 163 Å². The number of methoxy groups -OCH3 is 1. The van der Waals surface area contributed by atoms with Gasteiger partial charge in [0.25, 0.3) is 0 Å². The molecule has 0 saturated carbocycles. The van der Waals surface area contributed by atoms with Crippen LogP contribution in [-0.4, -0.2) is 27.6 Å². The molecule has 0 aliphatic rings. The van der Waals surface area contributed by atoms with Crippen molar-refractivity contribution in [2.75, 3.05) is 13.7 Å². The molecule has 148 valence electrons. The van der Waals surface area contributed by atoms with Crippen LogP contribution >= 0.6 is 0 Å². The highest BCUT2D eigenvalue weighted by Crippen LogP contribution is 2.25. The standard InChI is InChI=1S/C21H30N2O3S/c1-15-13-20(16(2)12-19(15)26-6)27(24,25)22-14-21(4,5)23-17(3)18-10-8-7-9-11-18/h7-13,17,22-23H,14H2,1-6H3. The molecule has 2 aromatic rings. The van der Waals surface area contributed by atoms with Crippen molar-refractivity contribution < 1.29 is 13.2 Å². The molecule has 6 heteroatoms. The summed E-state index contributed by atoms with van der Waals surface area (Å²) in [5.74, 6) is 0.685. The Morgan fingerprint density at radius 1 is 1.07 bits per heavy atom. The van der Waals surface area contributed by atoms with Gasteiger partial charge in [0.05, 0.1) is 12.0 Å². The van der Waals surface area contributed by atoms with Gasteiger partial charge in [0, 0.05) is 18.1 Å². The molecular weight excluding hydrogens is 360 g/mol. The molecule has 0 heterocycles. The Morgan fingerprint density at radius 2 is 1.70 bits per heavy atom. The number of ether oxygens (including phenoxy) is 1. The maximum atomic E-state index is 12.8. The molecule has 0 fully saturated rings. The first-order valence-electron chi connectivity index (χ1n) is 9.03. The number of benzene rings is 2. The van der Waals surface area contributed by atoms with E-state index >= 15 is 0 Å². The zero-order valence-corrected chi connectivity index (χ0v) is 17.8. The molecule has 1 atom stereocenters. The van der Waals surface area contributed by atoms with Crippen LogP contribution in [0.2, 0.25) is 0 Å². The molecule has 2 N–H and O–H groups in total. The minimum atomic E-state index is -3.62. The Kier molecular flexibility index (Phi) is 6.68. The van der Waals surface area contributed by atoms with Crippen molar-refractivity contribution in [2.24, 2.45) is 0 Å². The molecule has 0 aliphatic carbocycles. The number of aryl methyl sites for hydroxylation is 2. The van der Waals surface area contributed by atoms with Crippen LogP contribution in [0.3, 0.4) is 0 Å². The summed E-state index contributed by atoms with van der Waals surface area (Å²) in [7, 11) is -2.04. The van der Waals surface area contributed by atoms with E-state index in [9.17, 15) is 8.42 Å². The molecule has 2 rings (SSSR count). The average Bonchev–Trinajstić information content (AvgIpc) is 2.62. The minimum Gasteiger partial charge on any atom is -0.496 e. The molecule has 0 saturated heterocycles. The number of rotatable bonds is 8. The van der Waals surface area contributed by atoms with Crippen LogP contribution in [0.25, 0.3) is 0 Å². The van der Waals surface area contributed by atoms with E-state index in [1.54, 1.807) is 26.2 Å². The van der Waals surface area contributed by atoms with E-state index in [1.165, 1.54) is 0 Å². The predicted molar refractivity (Wildman–Crippen MR) is 110 cm³/mol. The zero-order chi connectivity index (χ0) is 20.2. The van der Waals surface area contributed by atoms with Gasteiger partial charge in [-0.05, 0) is 63.4 Å². The van der Waals surface area contributed by atoms with E-state index in [-0.39, 0.29) is 17.5 Å². The highest BCUT2D eigenvalue weighted by molar-refractivity contribution is 7.89. The smallest absolute Gasteiger partial charge is 0.240 e. The summed E-state index contributed by atoms with van der Waals surface area (Å²) in [4.78, 5) is 0.285. The molecule has 0 bridgehead atoms. The van der Waals surface area contributed by atoms with Gasteiger partial charge in [-0.2, -0.15) is 0 Å². The van der Waals surface area contributed by atoms with Crippen molar-refractivity contribution >= 4 is 10.0 Å². The lowest BCUT2D eigenvalue weighted by molar-refractivity contribution is 0.346. The van der Waals surface area contributed by atoms with Gasteiger partial charge in [-0.3, -0.25) is 0 Å². The van der Waals surface area contributed by atoms with Crippen molar-refractivity contribution in [3.8, 4) is 5.75 Å². The third-order valence-electron chi connectivity index (χ3n) is 4.59. The average molecular weight is 391 g/mol. The van der Waals surface area contributed by atoms with Gasteiger partial charge in [0.15, 0.2) is 0 Å².